The summed E-state index contributed by atoms with van der Waals surface area (Å²) in [5, 5.41) is 6.28. The lowest BCUT2D eigenvalue weighted by atomic mass is 9.92. The highest BCUT2D eigenvalue weighted by molar-refractivity contribution is 6.18. The molecule has 1 fully saturated rings. The van der Waals surface area contributed by atoms with E-state index < -0.39 is 6.03 Å². The number of urea groups is 1. The summed E-state index contributed by atoms with van der Waals surface area (Å²) >= 11 is 5.52. The number of hydrogen-bond donors (Lipinski definition) is 1. The minimum atomic E-state index is -0.543. The Hall–Kier alpha value is -2.09. The SMILES string of the molecule is CN1C=CCC(C(=O)OC2CCC(N(N=O)C(=O)NCCCl)CC2)=C1. The maximum atomic E-state index is 12.2. The summed E-state index contributed by atoms with van der Waals surface area (Å²) in [6.45, 7) is 0.275. The highest BCUT2D eigenvalue weighted by Crippen LogP contribution is 2.26. The molecule has 138 valence electrons. The lowest BCUT2D eigenvalue weighted by Crippen LogP contribution is -2.45. The fourth-order valence-corrected chi connectivity index (χ4v) is 3.06. The maximum Gasteiger partial charge on any atom is 0.340 e. The van der Waals surface area contributed by atoms with Crippen LogP contribution in [-0.4, -0.2) is 53.5 Å². The van der Waals surface area contributed by atoms with Crippen LogP contribution in [-0.2, 0) is 9.53 Å². The van der Waals surface area contributed by atoms with Gasteiger partial charge in [-0.3, -0.25) is 0 Å². The molecule has 2 rings (SSSR count). The normalized spacial score (nSPS) is 22.8. The molecule has 0 bridgehead atoms. The zero-order chi connectivity index (χ0) is 18.2. The largest absolute Gasteiger partial charge is 0.459 e. The van der Waals surface area contributed by atoms with Crippen molar-refractivity contribution < 1.29 is 14.3 Å². The molecule has 2 amide bonds. The van der Waals surface area contributed by atoms with E-state index in [1.807, 2.05) is 24.2 Å². The van der Waals surface area contributed by atoms with Crippen LogP contribution in [0.2, 0.25) is 0 Å². The number of esters is 1. The van der Waals surface area contributed by atoms with Gasteiger partial charge < -0.3 is 15.0 Å². The zero-order valence-electron chi connectivity index (χ0n) is 14.2. The number of carbonyl (C=O) groups is 2. The molecule has 9 heteroatoms. The highest BCUT2D eigenvalue weighted by Gasteiger charge is 2.31. The topological polar surface area (TPSA) is 91.3 Å². The summed E-state index contributed by atoms with van der Waals surface area (Å²) in [5.74, 6) is -0.0497. The number of nitrogens with one attached hydrogen (secondary N) is 1. The summed E-state index contributed by atoms with van der Waals surface area (Å²) < 4.78 is 5.55. The fourth-order valence-electron chi connectivity index (χ4n) is 2.96. The van der Waals surface area contributed by atoms with Crippen LogP contribution >= 0.6 is 11.6 Å². The van der Waals surface area contributed by atoms with Crippen LogP contribution < -0.4 is 5.32 Å². The van der Waals surface area contributed by atoms with Gasteiger partial charge in [-0.05, 0) is 31.9 Å². The third-order valence-corrected chi connectivity index (χ3v) is 4.42. The minimum Gasteiger partial charge on any atom is -0.459 e. The average Bonchev–Trinajstić information content (AvgIpc) is 2.62. The van der Waals surface area contributed by atoms with E-state index in [2.05, 4.69) is 10.6 Å². The van der Waals surface area contributed by atoms with Crippen LogP contribution in [0.4, 0.5) is 4.79 Å². The lowest BCUT2D eigenvalue weighted by molar-refractivity contribution is -0.146. The van der Waals surface area contributed by atoms with Crippen LogP contribution in [0, 0.1) is 4.91 Å². The second-order valence-corrected chi connectivity index (χ2v) is 6.47. The van der Waals surface area contributed by atoms with Gasteiger partial charge in [0.1, 0.15) is 6.10 Å². The van der Waals surface area contributed by atoms with Crippen LogP contribution in [0.5, 0.6) is 0 Å². The number of carbonyl (C=O) groups excluding carboxylic acids is 2. The summed E-state index contributed by atoms with van der Waals surface area (Å²) in [6.07, 6.45) is 8.18. The van der Waals surface area contributed by atoms with Crippen molar-refractivity contribution >= 4 is 23.6 Å². The second kappa shape index (κ2) is 9.41. The van der Waals surface area contributed by atoms with Crippen molar-refractivity contribution in [3.63, 3.8) is 0 Å². The monoisotopic (exact) mass is 370 g/mol. The third-order valence-electron chi connectivity index (χ3n) is 4.23. The standard InChI is InChI=1S/C16H23ClN4O4/c1-20-10-2-3-12(11-20)15(22)25-14-6-4-13(5-7-14)21(19-24)16(23)18-9-8-17/h2,10-11,13-14H,3-9H2,1H3,(H,18,23). The van der Waals surface area contributed by atoms with Gasteiger partial charge in [0, 0.05) is 32.1 Å². The third kappa shape index (κ3) is 5.45. The first-order valence-corrected chi connectivity index (χ1v) is 8.85. The fraction of sp³-hybridized carbons (Fsp3) is 0.625. The first-order chi connectivity index (χ1) is 12.0. The van der Waals surface area contributed by atoms with Gasteiger partial charge in [-0.25, -0.2) is 9.59 Å². The predicted molar refractivity (Wildman–Crippen MR) is 93.5 cm³/mol. The van der Waals surface area contributed by atoms with Gasteiger partial charge >= 0.3 is 12.0 Å². The molecule has 0 spiro atoms. The first-order valence-electron chi connectivity index (χ1n) is 8.31. The van der Waals surface area contributed by atoms with Gasteiger partial charge in [-0.2, -0.15) is 5.01 Å². The molecule has 0 aromatic carbocycles. The van der Waals surface area contributed by atoms with E-state index in [0.717, 1.165) is 5.01 Å². The quantitative estimate of drug-likeness (QED) is 0.335. The van der Waals surface area contributed by atoms with Crippen molar-refractivity contribution in [2.24, 2.45) is 5.29 Å². The van der Waals surface area contributed by atoms with E-state index in [1.54, 1.807) is 6.20 Å². The molecular formula is C16H23ClN4O4. The predicted octanol–water partition coefficient (Wildman–Crippen LogP) is 2.51. The van der Waals surface area contributed by atoms with E-state index in [9.17, 15) is 14.5 Å². The summed E-state index contributed by atoms with van der Waals surface area (Å²) in [4.78, 5) is 36.9. The maximum absolute atomic E-state index is 12.2. The molecular weight excluding hydrogens is 348 g/mol. The van der Waals surface area contributed by atoms with Crippen molar-refractivity contribution in [2.45, 2.75) is 44.2 Å². The molecule has 1 aliphatic carbocycles. The van der Waals surface area contributed by atoms with E-state index in [1.165, 1.54) is 0 Å². The van der Waals surface area contributed by atoms with Crippen LogP contribution in [0.3, 0.4) is 0 Å². The van der Waals surface area contributed by atoms with Gasteiger partial charge in [0.15, 0.2) is 0 Å². The average molecular weight is 371 g/mol. The van der Waals surface area contributed by atoms with E-state index in [-0.39, 0.29) is 30.5 Å². The van der Waals surface area contributed by atoms with E-state index in [4.69, 9.17) is 16.3 Å². The summed E-state index contributed by atoms with van der Waals surface area (Å²) in [6, 6.07) is -0.830. The number of rotatable bonds is 6. The molecule has 1 N–H and O–H groups in total. The minimum absolute atomic E-state index is 0.208. The second-order valence-electron chi connectivity index (χ2n) is 6.09. The molecule has 2 aliphatic rings. The molecule has 8 nitrogen and oxygen atoms in total. The number of nitroso groups, excluding NO2 is 1. The Morgan fingerprint density at radius 2 is 2.12 bits per heavy atom. The first kappa shape index (κ1) is 19.2. The Bertz CT molecular complexity index is 558. The zero-order valence-corrected chi connectivity index (χ0v) is 14.9. The number of amides is 2. The lowest BCUT2D eigenvalue weighted by Gasteiger charge is -2.32. The molecule has 1 heterocycles. The highest BCUT2D eigenvalue weighted by atomic mass is 35.5. The van der Waals surface area contributed by atoms with E-state index >= 15 is 0 Å². The molecule has 0 aromatic rings. The van der Waals surface area contributed by atoms with Crippen molar-refractivity contribution in [3.05, 3.63) is 29.0 Å². The molecule has 0 atom stereocenters. The van der Waals surface area contributed by atoms with Gasteiger partial charge in [-0.15, -0.1) is 16.5 Å². The molecule has 25 heavy (non-hydrogen) atoms. The Morgan fingerprint density at radius 1 is 1.40 bits per heavy atom. The molecule has 0 aromatic heterocycles. The van der Waals surface area contributed by atoms with Crippen molar-refractivity contribution in [3.8, 4) is 0 Å². The number of alkyl halides is 1. The van der Waals surface area contributed by atoms with Gasteiger partial charge in [-0.1, -0.05) is 6.08 Å². The molecule has 0 saturated heterocycles. The van der Waals surface area contributed by atoms with Crippen molar-refractivity contribution in [2.75, 3.05) is 19.5 Å². The van der Waals surface area contributed by atoms with Gasteiger partial charge in [0.25, 0.3) is 0 Å². The number of nitrogens with zero attached hydrogens (tertiary/aromatic N) is 3. The van der Waals surface area contributed by atoms with Crippen molar-refractivity contribution in [1.29, 1.82) is 0 Å². The Labute approximate surface area is 151 Å². The molecule has 0 radical (unpaired) electrons. The Balaban J connectivity index is 1.81. The van der Waals surface area contributed by atoms with Crippen molar-refractivity contribution in [1.82, 2.24) is 15.2 Å². The van der Waals surface area contributed by atoms with Crippen LogP contribution in [0.1, 0.15) is 32.1 Å². The molecule has 0 unspecified atom stereocenters. The van der Waals surface area contributed by atoms with Gasteiger partial charge in [0.05, 0.1) is 16.9 Å². The van der Waals surface area contributed by atoms with Gasteiger partial charge in [0.2, 0.25) is 0 Å². The number of ether oxygens (including phenoxy) is 1. The van der Waals surface area contributed by atoms with Crippen LogP contribution in [0.15, 0.2) is 29.3 Å². The number of halogens is 1. The summed E-state index contributed by atoms with van der Waals surface area (Å²) in [5.41, 5.74) is 0.615. The van der Waals surface area contributed by atoms with Crippen LogP contribution in [0.25, 0.3) is 0 Å². The summed E-state index contributed by atoms with van der Waals surface area (Å²) in [7, 11) is 1.85. The Morgan fingerprint density at radius 3 is 2.72 bits per heavy atom. The molecule has 1 saturated carbocycles. The number of allylic oxidation sites excluding steroid dienone is 1. The Kier molecular flexibility index (Phi) is 7.24. The smallest absolute Gasteiger partial charge is 0.340 e. The van der Waals surface area contributed by atoms with E-state index in [0.29, 0.717) is 37.7 Å². The molecule has 1 aliphatic heterocycles. The number of hydrogen-bond acceptors (Lipinski definition) is 6.